The van der Waals surface area contributed by atoms with Crippen molar-refractivity contribution in [2.45, 2.75) is 25.4 Å². The zero-order valence-corrected chi connectivity index (χ0v) is 12.7. The highest BCUT2D eigenvalue weighted by Crippen LogP contribution is 2.53. The molecule has 1 aromatic carbocycles. The van der Waals surface area contributed by atoms with Gasteiger partial charge in [-0.2, -0.15) is 13.2 Å². The van der Waals surface area contributed by atoms with Crippen molar-refractivity contribution in [1.82, 2.24) is 5.32 Å². The molecule has 0 radical (unpaired) electrons. The van der Waals surface area contributed by atoms with Gasteiger partial charge < -0.3 is 10.6 Å². The summed E-state index contributed by atoms with van der Waals surface area (Å²) in [6.45, 7) is 5.60. The second-order valence-corrected chi connectivity index (χ2v) is 6.36. The monoisotopic (exact) mass is 324 g/mol. The Labute approximate surface area is 133 Å². The molecule has 1 amide bonds. The van der Waals surface area contributed by atoms with Gasteiger partial charge in [0, 0.05) is 23.2 Å². The molecule has 2 fully saturated rings. The van der Waals surface area contributed by atoms with E-state index in [-0.39, 0.29) is 11.3 Å². The lowest BCUT2D eigenvalue weighted by atomic mass is 9.75. The maximum atomic E-state index is 12.6. The first-order valence-electron chi connectivity index (χ1n) is 7.72. The van der Waals surface area contributed by atoms with Crippen molar-refractivity contribution >= 4 is 11.6 Å². The number of halogens is 3. The predicted molar refractivity (Wildman–Crippen MR) is 81.9 cm³/mol. The van der Waals surface area contributed by atoms with Crippen LogP contribution in [0.25, 0.3) is 0 Å². The van der Waals surface area contributed by atoms with Gasteiger partial charge in [0.25, 0.3) is 5.91 Å². The average molecular weight is 324 g/mol. The lowest BCUT2D eigenvalue weighted by molar-refractivity contribution is -0.137. The molecular formula is C17H19F3N2O. The van der Waals surface area contributed by atoms with E-state index in [9.17, 15) is 18.0 Å². The third-order valence-corrected chi connectivity index (χ3v) is 4.89. The van der Waals surface area contributed by atoms with Gasteiger partial charge in [-0.25, -0.2) is 0 Å². The normalized spacial score (nSPS) is 24.5. The molecule has 1 aromatic rings. The first-order chi connectivity index (χ1) is 10.8. The van der Waals surface area contributed by atoms with Crippen molar-refractivity contribution in [1.29, 1.82) is 0 Å². The fourth-order valence-corrected chi connectivity index (χ4v) is 3.37. The molecule has 124 valence electrons. The smallest absolute Gasteiger partial charge is 0.322 e. The largest absolute Gasteiger partial charge is 0.416 e. The Morgan fingerprint density at radius 2 is 1.91 bits per heavy atom. The number of alkyl halides is 3. The van der Waals surface area contributed by atoms with E-state index in [2.05, 4.69) is 17.2 Å². The van der Waals surface area contributed by atoms with E-state index in [1.54, 1.807) is 0 Å². The fourth-order valence-electron chi connectivity index (χ4n) is 3.37. The summed E-state index contributed by atoms with van der Waals surface area (Å²) in [5.74, 6) is 0.184. The van der Waals surface area contributed by atoms with Gasteiger partial charge in [0.2, 0.25) is 0 Å². The molecule has 0 bridgehead atoms. The van der Waals surface area contributed by atoms with Gasteiger partial charge >= 0.3 is 6.18 Å². The molecule has 1 saturated heterocycles. The first-order valence-corrected chi connectivity index (χ1v) is 7.72. The molecule has 6 heteroatoms. The van der Waals surface area contributed by atoms with Gasteiger partial charge in [-0.1, -0.05) is 6.58 Å². The molecule has 3 nitrogen and oxygen atoms in total. The highest BCUT2D eigenvalue weighted by Gasteiger charge is 2.50. The standard InChI is InChI=1S/C17H19F3N2O/c1-11(16(12-2-3-12)8-9-21-10-16)15(23)22-14-6-4-13(5-7-14)17(18,19)20/h4-7,12,21H,1-3,8-10H2,(H,22,23). The predicted octanol–water partition coefficient (Wildman–Crippen LogP) is 3.59. The molecule has 0 aromatic heterocycles. The van der Waals surface area contributed by atoms with Crippen LogP contribution in [0, 0.1) is 11.3 Å². The SMILES string of the molecule is C=C(C(=O)Nc1ccc(C(F)(F)F)cc1)C1(C2CC2)CCNC1. The van der Waals surface area contributed by atoms with Crippen LogP contribution in [-0.2, 0) is 11.0 Å². The maximum absolute atomic E-state index is 12.6. The number of anilines is 1. The van der Waals surface area contributed by atoms with Crippen molar-refractivity contribution in [3.05, 3.63) is 42.0 Å². The minimum atomic E-state index is -4.38. The van der Waals surface area contributed by atoms with Crippen LogP contribution in [0.3, 0.4) is 0 Å². The minimum Gasteiger partial charge on any atom is -0.322 e. The van der Waals surface area contributed by atoms with Gasteiger partial charge in [0.1, 0.15) is 0 Å². The molecule has 0 spiro atoms. The van der Waals surface area contributed by atoms with Crippen molar-refractivity contribution in [3.8, 4) is 0 Å². The summed E-state index contributed by atoms with van der Waals surface area (Å²) < 4.78 is 37.7. The van der Waals surface area contributed by atoms with Crippen molar-refractivity contribution in [2.75, 3.05) is 18.4 Å². The van der Waals surface area contributed by atoms with Gasteiger partial charge in [-0.15, -0.1) is 0 Å². The summed E-state index contributed by atoms with van der Waals surface area (Å²) in [6.07, 6.45) is -1.28. The van der Waals surface area contributed by atoms with Crippen LogP contribution >= 0.6 is 0 Å². The van der Waals surface area contributed by atoms with Crippen LogP contribution in [0.5, 0.6) is 0 Å². The van der Waals surface area contributed by atoms with Crippen LogP contribution in [0.1, 0.15) is 24.8 Å². The van der Waals surface area contributed by atoms with E-state index in [1.807, 2.05) is 0 Å². The maximum Gasteiger partial charge on any atom is 0.416 e. The highest BCUT2D eigenvalue weighted by atomic mass is 19.4. The lowest BCUT2D eigenvalue weighted by Gasteiger charge is -2.30. The van der Waals surface area contributed by atoms with Crippen molar-refractivity contribution in [3.63, 3.8) is 0 Å². The number of rotatable bonds is 4. The average Bonchev–Trinajstić information content (AvgIpc) is 3.24. The molecule has 1 unspecified atom stereocenters. The molecule has 3 rings (SSSR count). The lowest BCUT2D eigenvalue weighted by Crippen LogP contribution is -2.34. The zero-order chi connectivity index (χ0) is 16.7. The van der Waals surface area contributed by atoms with E-state index in [4.69, 9.17) is 0 Å². The minimum absolute atomic E-state index is 0.198. The van der Waals surface area contributed by atoms with Gasteiger partial charge in [0.05, 0.1) is 5.56 Å². The van der Waals surface area contributed by atoms with E-state index in [1.165, 1.54) is 12.1 Å². The summed E-state index contributed by atoms with van der Waals surface area (Å²) in [6, 6.07) is 4.47. The van der Waals surface area contributed by atoms with Crippen LogP contribution in [-0.4, -0.2) is 19.0 Å². The zero-order valence-electron chi connectivity index (χ0n) is 12.7. The molecule has 1 heterocycles. The Balaban J connectivity index is 1.70. The van der Waals surface area contributed by atoms with E-state index in [0.717, 1.165) is 44.5 Å². The third-order valence-electron chi connectivity index (χ3n) is 4.89. The molecule has 1 aliphatic heterocycles. The van der Waals surface area contributed by atoms with Crippen LogP contribution in [0.2, 0.25) is 0 Å². The molecule has 23 heavy (non-hydrogen) atoms. The Bertz CT molecular complexity index is 612. The number of nitrogens with one attached hydrogen (secondary N) is 2. The number of benzene rings is 1. The Hall–Kier alpha value is -1.82. The van der Waals surface area contributed by atoms with E-state index < -0.39 is 11.7 Å². The van der Waals surface area contributed by atoms with E-state index in [0.29, 0.717) is 17.2 Å². The van der Waals surface area contributed by atoms with Gasteiger partial charge in [-0.3, -0.25) is 4.79 Å². The molecule has 2 aliphatic rings. The summed E-state index contributed by atoms with van der Waals surface area (Å²) in [7, 11) is 0. The highest BCUT2D eigenvalue weighted by molar-refractivity contribution is 6.04. The molecule has 1 aliphatic carbocycles. The Morgan fingerprint density at radius 3 is 2.39 bits per heavy atom. The quantitative estimate of drug-likeness (QED) is 0.831. The van der Waals surface area contributed by atoms with Gasteiger partial charge in [-0.05, 0) is 56.0 Å². The summed E-state index contributed by atoms with van der Waals surface area (Å²) >= 11 is 0. The van der Waals surface area contributed by atoms with Crippen molar-refractivity contribution in [2.24, 2.45) is 11.3 Å². The number of carbonyl (C=O) groups is 1. The molecule has 2 N–H and O–H groups in total. The Morgan fingerprint density at radius 1 is 1.26 bits per heavy atom. The topological polar surface area (TPSA) is 41.1 Å². The van der Waals surface area contributed by atoms with Crippen LogP contribution in [0.15, 0.2) is 36.4 Å². The van der Waals surface area contributed by atoms with Gasteiger partial charge in [0.15, 0.2) is 0 Å². The molecule has 1 saturated carbocycles. The third kappa shape index (κ3) is 3.13. The summed E-state index contributed by atoms with van der Waals surface area (Å²) in [5.41, 5.74) is -0.0505. The number of carbonyl (C=O) groups excluding carboxylic acids is 1. The van der Waals surface area contributed by atoms with Crippen molar-refractivity contribution < 1.29 is 18.0 Å². The Kier molecular flexibility index (Phi) is 3.96. The molecule has 1 atom stereocenters. The first kappa shape index (κ1) is 16.1. The molecular weight excluding hydrogens is 305 g/mol. The number of hydrogen-bond donors (Lipinski definition) is 2. The second kappa shape index (κ2) is 5.67. The summed E-state index contributed by atoms with van der Waals surface area (Å²) in [4.78, 5) is 12.5. The number of amides is 1. The fraction of sp³-hybridized carbons (Fsp3) is 0.471. The summed E-state index contributed by atoms with van der Waals surface area (Å²) in [5, 5.41) is 5.96. The van der Waals surface area contributed by atoms with Crippen LogP contribution in [0.4, 0.5) is 18.9 Å². The number of hydrogen-bond acceptors (Lipinski definition) is 2. The van der Waals surface area contributed by atoms with E-state index >= 15 is 0 Å². The van der Waals surface area contributed by atoms with Crippen LogP contribution < -0.4 is 10.6 Å². The second-order valence-electron chi connectivity index (χ2n) is 6.36.